The highest BCUT2D eigenvalue weighted by Crippen LogP contribution is 2.53. The van der Waals surface area contributed by atoms with Crippen molar-refractivity contribution in [3.63, 3.8) is 0 Å². The average molecular weight is 281 g/mol. The highest BCUT2D eigenvalue weighted by molar-refractivity contribution is 6.01. The lowest BCUT2D eigenvalue weighted by atomic mass is 9.64. The van der Waals surface area contributed by atoms with Crippen molar-refractivity contribution in [2.75, 3.05) is 0 Å². The number of aliphatic hydroxyl groups excluding tert-OH is 1. The lowest BCUT2D eigenvalue weighted by molar-refractivity contribution is -0.240. The Hall–Kier alpha value is -1.10. The molecule has 5 heteroatoms. The van der Waals surface area contributed by atoms with Crippen LogP contribution in [-0.4, -0.2) is 34.2 Å². The standard InChI is InChI=1S/C15H23NO4/c1-3-10-12(18)16-15(13(19)20-14(10,15)2)11(17)9-7-5-4-6-8-9/h9-11,17H,3-8H2,1-2H3,(H,16,18). The third kappa shape index (κ3) is 1.47. The van der Waals surface area contributed by atoms with Gasteiger partial charge in [0.25, 0.3) is 0 Å². The summed E-state index contributed by atoms with van der Waals surface area (Å²) >= 11 is 0. The molecule has 4 unspecified atom stereocenters. The van der Waals surface area contributed by atoms with Gasteiger partial charge in [0.1, 0.15) is 0 Å². The lowest BCUT2D eigenvalue weighted by Gasteiger charge is -2.54. The maximum atomic E-state index is 12.2. The summed E-state index contributed by atoms with van der Waals surface area (Å²) < 4.78 is 5.36. The zero-order chi connectivity index (χ0) is 14.5. The second kappa shape index (κ2) is 4.45. The van der Waals surface area contributed by atoms with Crippen molar-refractivity contribution in [1.82, 2.24) is 5.32 Å². The van der Waals surface area contributed by atoms with E-state index in [1.54, 1.807) is 6.92 Å². The minimum Gasteiger partial charge on any atom is -0.453 e. The molecule has 5 nitrogen and oxygen atoms in total. The molecule has 112 valence electrons. The van der Waals surface area contributed by atoms with Gasteiger partial charge in [0.2, 0.25) is 11.4 Å². The van der Waals surface area contributed by atoms with E-state index in [1.807, 2.05) is 6.92 Å². The van der Waals surface area contributed by atoms with Crippen molar-refractivity contribution in [1.29, 1.82) is 0 Å². The highest BCUT2D eigenvalue weighted by atomic mass is 16.6. The molecule has 2 saturated heterocycles. The topological polar surface area (TPSA) is 75.6 Å². The number of hydrogen-bond donors (Lipinski definition) is 2. The van der Waals surface area contributed by atoms with E-state index in [0.717, 1.165) is 25.7 Å². The summed E-state index contributed by atoms with van der Waals surface area (Å²) in [5.74, 6) is -0.927. The molecular weight excluding hydrogens is 258 g/mol. The van der Waals surface area contributed by atoms with Crippen LogP contribution in [0.25, 0.3) is 0 Å². The number of rotatable bonds is 3. The molecule has 0 radical (unpaired) electrons. The van der Waals surface area contributed by atoms with Crippen LogP contribution >= 0.6 is 0 Å². The number of fused-ring (bicyclic) bond motifs is 1. The zero-order valence-corrected chi connectivity index (χ0v) is 12.1. The van der Waals surface area contributed by atoms with Gasteiger partial charge in [0.05, 0.1) is 12.0 Å². The Bertz CT molecular complexity index is 445. The predicted octanol–water partition coefficient (Wildman–Crippen LogP) is 1.14. The number of carbonyl (C=O) groups is 2. The van der Waals surface area contributed by atoms with E-state index >= 15 is 0 Å². The first-order valence-electron chi connectivity index (χ1n) is 7.71. The van der Waals surface area contributed by atoms with Gasteiger partial charge in [-0.2, -0.15) is 0 Å². The fourth-order valence-corrected chi connectivity index (χ4v) is 4.43. The van der Waals surface area contributed by atoms with Crippen molar-refractivity contribution in [3.05, 3.63) is 0 Å². The van der Waals surface area contributed by atoms with E-state index in [9.17, 15) is 14.7 Å². The van der Waals surface area contributed by atoms with Crippen LogP contribution < -0.4 is 5.32 Å². The SMILES string of the molecule is CCC1C(=O)NC2(C(O)C3CCCCC3)C(=O)OC12C. The number of nitrogens with one attached hydrogen (secondary N) is 1. The molecule has 2 heterocycles. The minimum absolute atomic E-state index is 0.0758. The van der Waals surface area contributed by atoms with Gasteiger partial charge in [-0.1, -0.05) is 26.2 Å². The fourth-order valence-electron chi connectivity index (χ4n) is 4.43. The Balaban J connectivity index is 1.92. The summed E-state index contributed by atoms with van der Waals surface area (Å²) in [7, 11) is 0. The molecule has 1 aliphatic carbocycles. The third-order valence-corrected chi connectivity index (χ3v) is 5.66. The summed E-state index contributed by atoms with van der Waals surface area (Å²) in [6.45, 7) is 3.69. The predicted molar refractivity (Wildman–Crippen MR) is 71.7 cm³/mol. The summed E-state index contributed by atoms with van der Waals surface area (Å²) in [6.07, 6.45) is 4.94. The van der Waals surface area contributed by atoms with Crippen molar-refractivity contribution in [2.24, 2.45) is 11.8 Å². The minimum atomic E-state index is -1.22. The largest absolute Gasteiger partial charge is 0.453 e. The van der Waals surface area contributed by atoms with Gasteiger partial charge in [-0.15, -0.1) is 0 Å². The molecule has 0 spiro atoms. The number of amides is 1. The van der Waals surface area contributed by atoms with Crippen molar-refractivity contribution in [2.45, 2.75) is 69.6 Å². The smallest absolute Gasteiger partial charge is 0.339 e. The first kappa shape index (κ1) is 13.9. The molecule has 3 rings (SSSR count). The van der Waals surface area contributed by atoms with Gasteiger partial charge >= 0.3 is 5.97 Å². The van der Waals surface area contributed by atoms with E-state index in [2.05, 4.69) is 5.32 Å². The molecular formula is C15H23NO4. The van der Waals surface area contributed by atoms with Gasteiger partial charge in [-0.3, -0.25) is 4.79 Å². The molecule has 1 amide bonds. The van der Waals surface area contributed by atoms with Crippen molar-refractivity contribution in [3.8, 4) is 0 Å². The summed E-state index contributed by atoms with van der Waals surface area (Å²) in [4.78, 5) is 24.3. The second-order valence-corrected chi connectivity index (χ2v) is 6.60. The van der Waals surface area contributed by atoms with Crippen LogP contribution in [0.1, 0.15) is 52.4 Å². The summed E-state index contributed by atoms with van der Waals surface area (Å²) in [6, 6.07) is 0. The van der Waals surface area contributed by atoms with Crippen molar-refractivity contribution >= 4 is 11.9 Å². The quantitative estimate of drug-likeness (QED) is 0.761. The van der Waals surface area contributed by atoms with E-state index in [0.29, 0.717) is 6.42 Å². The molecule has 2 aliphatic heterocycles. The first-order chi connectivity index (χ1) is 9.47. The van der Waals surface area contributed by atoms with Crippen LogP contribution in [0.4, 0.5) is 0 Å². The number of esters is 1. The van der Waals surface area contributed by atoms with Crippen LogP contribution in [0, 0.1) is 11.8 Å². The first-order valence-corrected chi connectivity index (χ1v) is 7.71. The maximum absolute atomic E-state index is 12.2. The molecule has 2 N–H and O–H groups in total. The average Bonchev–Trinajstić information content (AvgIpc) is 2.62. The molecule has 3 aliphatic rings. The molecule has 3 fully saturated rings. The Labute approximate surface area is 119 Å². The maximum Gasteiger partial charge on any atom is 0.339 e. The highest BCUT2D eigenvalue weighted by Gasteiger charge is 2.79. The Morgan fingerprint density at radius 3 is 2.55 bits per heavy atom. The molecule has 0 aromatic rings. The van der Waals surface area contributed by atoms with Gasteiger partial charge in [0.15, 0.2) is 5.60 Å². The molecule has 1 saturated carbocycles. The lowest BCUT2D eigenvalue weighted by Crippen LogP contribution is -2.80. The van der Waals surface area contributed by atoms with Crippen molar-refractivity contribution < 1.29 is 19.4 Å². The monoisotopic (exact) mass is 281 g/mol. The van der Waals surface area contributed by atoms with Gasteiger partial charge in [-0.05, 0) is 32.1 Å². The van der Waals surface area contributed by atoms with Crippen LogP contribution in [-0.2, 0) is 14.3 Å². The van der Waals surface area contributed by atoms with Crippen LogP contribution in [0.3, 0.4) is 0 Å². The van der Waals surface area contributed by atoms with E-state index < -0.39 is 23.2 Å². The second-order valence-electron chi connectivity index (χ2n) is 6.60. The number of ether oxygens (including phenoxy) is 1. The number of carbonyl (C=O) groups excluding carboxylic acids is 2. The van der Waals surface area contributed by atoms with Gasteiger partial charge < -0.3 is 15.2 Å². The molecule has 20 heavy (non-hydrogen) atoms. The number of aliphatic hydroxyl groups is 1. The zero-order valence-electron chi connectivity index (χ0n) is 12.1. The van der Waals surface area contributed by atoms with E-state index in [1.165, 1.54) is 6.42 Å². The van der Waals surface area contributed by atoms with E-state index in [4.69, 9.17) is 4.74 Å². The molecule has 0 aromatic carbocycles. The van der Waals surface area contributed by atoms with Gasteiger partial charge in [-0.25, -0.2) is 4.79 Å². The summed E-state index contributed by atoms with van der Waals surface area (Å²) in [5.41, 5.74) is -2.11. The Morgan fingerprint density at radius 2 is 2.00 bits per heavy atom. The fraction of sp³-hybridized carbons (Fsp3) is 0.867. The normalized spacial score (nSPS) is 42.5. The third-order valence-electron chi connectivity index (χ3n) is 5.66. The summed E-state index contributed by atoms with van der Waals surface area (Å²) in [5, 5.41) is 13.6. The molecule has 4 atom stereocenters. The number of hydrogen-bond acceptors (Lipinski definition) is 4. The molecule has 0 aromatic heterocycles. The Morgan fingerprint density at radius 1 is 1.35 bits per heavy atom. The Kier molecular flexibility index (Phi) is 3.08. The molecule has 0 bridgehead atoms. The van der Waals surface area contributed by atoms with Gasteiger partial charge in [0, 0.05) is 0 Å². The van der Waals surface area contributed by atoms with Crippen LogP contribution in [0.5, 0.6) is 0 Å². The van der Waals surface area contributed by atoms with Crippen LogP contribution in [0.2, 0.25) is 0 Å². The van der Waals surface area contributed by atoms with Crippen LogP contribution in [0.15, 0.2) is 0 Å². The van der Waals surface area contributed by atoms with E-state index in [-0.39, 0.29) is 17.7 Å².